The zero-order valence-electron chi connectivity index (χ0n) is 29.8. The third-order valence-corrected chi connectivity index (χ3v) is 10.4. The maximum Gasteiger partial charge on any atom is 0.408 e. The number of hydrogen-bond acceptors (Lipinski definition) is 6. The average molecular weight is 745 g/mol. The Hall–Kier alpha value is -4.51. The summed E-state index contributed by atoms with van der Waals surface area (Å²) in [5.41, 5.74) is 5.23. The van der Waals surface area contributed by atoms with Crippen LogP contribution in [-0.2, 0) is 29.1 Å². The number of likely N-dealkylation sites (tertiary alicyclic amines) is 1. The van der Waals surface area contributed by atoms with Crippen LogP contribution in [0.1, 0.15) is 29.5 Å². The first-order valence-electron chi connectivity index (χ1n) is 18.4. The van der Waals surface area contributed by atoms with Gasteiger partial charge in [-0.1, -0.05) is 96.5 Å². The van der Waals surface area contributed by atoms with Crippen LogP contribution in [0.15, 0.2) is 103 Å². The van der Waals surface area contributed by atoms with Crippen molar-refractivity contribution in [3.8, 4) is 16.9 Å². The summed E-state index contributed by atoms with van der Waals surface area (Å²) < 4.78 is 36.6. The molecular formula is C42H47ClF2N4O4. The van der Waals surface area contributed by atoms with Crippen LogP contribution in [0.25, 0.3) is 11.1 Å². The van der Waals surface area contributed by atoms with Crippen molar-refractivity contribution in [1.82, 2.24) is 20.0 Å². The second kappa shape index (κ2) is 19.0. The fraction of sp³-hybridized carbons (Fsp3) is 0.381. The maximum absolute atomic E-state index is 14.2. The second-order valence-electron chi connectivity index (χ2n) is 13.7. The smallest absolute Gasteiger partial charge is 0.408 e. The third kappa shape index (κ3) is 11.0. The molecule has 1 atom stereocenters. The molecule has 0 spiro atoms. The van der Waals surface area contributed by atoms with Gasteiger partial charge in [-0.3, -0.25) is 9.69 Å². The highest BCUT2D eigenvalue weighted by atomic mass is 35.5. The Balaban J connectivity index is 1.07. The van der Waals surface area contributed by atoms with E-state index in [0.29, 0.717) is 38.5 Å². The van der Waals surface area contributed by atoms with Crippen molar-refractivity contribution in [2.45, 2.75) is 44.9 Å². The molecule has 2 saturated heterocycles. The van der Waals surface area contributed by atoms with E-state index in [1.54, 1.807) is 12.1 Å². The zero-order chi connectivity index (χ0) is 37.0. The second-order valence-corrected chi connectivity index (χ2v) is 14.1. The van der Waals surface area contributed by atoms with Crippen LogP contribution < -0.4 is 10.1 Å². The lowest BCUT2D eigenvalue weighted by Gasteiger charge is -2.40. The van der Waals surface area contributed by atoms with Crippen LogP contribution in [0.2, 0.25) is 5.02 Å². The molecule has 2 fully saturated rings. The molecule has 4 aromatic carbocycles. The lowest BCUT2D eigenvalue weighted by Crippen LogP contribution is -2.58. The van der Waals surface area contributed by atoms with E-state index in [0.717, 1.165) is 60.6 Å². The van der Waals surface area contributed by atoms with Crippen LogP contribution in [0.3, 0.4) is 0 Å². The first kappa shape index (κ1) is 38.2. The topological polar surface area (TPSA) is 74.4 Å². The van der Waals surface area contributed by atoms with Gasteiger partial charge in [-0.2, -0.15) is 0 Å². The summed E-state index contributed by atoms with van der Waals surface area (Å²) >= 11 is 6.42. The molecule has 2 heterocycles. The van der Waals surface area contributed by atoms with Gasteiger partial charge in [0.1, 0.15) is 25.0 Å². The van der Waals surface area contributed by atoms with E-state index in [2.05, 4.69) is 39.4 Å². The van der Waals surface area contributed by atoms with Crippen LogP contribution >= 0.6 is 11.6 Å². The molecule has 6 rings (SSSR count). The minimum atomic E-state index is -2.55. The molecule has 2 amide bonds. The molecule has 2 aliphatic heterocycles. The largest absolute Gasteiger partial charge is 0.487 e. The van der Waals surface area contributed by atoms with Crippen molar-refractivity contribution in [3.05, 3.63) is 125 Å². The van der Waals surface area contributed by atoms with Crippen molar-refractivity contribution < 1.29 is 27.8 Å². The molecule has 11 heteroatoms. The van der Waals surface area contributed by atoms with Gasteiger partial charge in [-0.15, -0.1) is 0 Å². The van der Waals surface area contributed by atoms with Crippen LogP contribution in [0, 0.1) is 5.92 Å². The highest BCUT2D eigenvalue weighted by molar-refractivity contribution is 6.30. The van der Waals surface area contributed by atoms with Crippen LogP contribution in [0.4, 0.5) is 13.6 Å². The summed E-state index contributed by atoms with van der Waals surface area (Å²) in [5, 5.41) is 3.68. The van der Waals surface area contributed by atoms with Gasteiger partial charge in [-0.25, -0.2) is 13.6 Å². The summed E-state index contributed by atoms with van der Waals surface area (Å²) in [5.74, 6) is 0.290. The van der Waals surface area contributed by atoms with E-state index in [1.807, 2.05) is 71.6 Å². The summed E-state index contributed by atoms with van der Waals surface area (Å²) in [7, 11) is 0. The number of hydrogen-bond donors (Lipinski definition) is 1. The van der Waals surface area contributed by atoms with Gasteiger partial charge < -0.3 is 24.6 Å². The number of nitrogens with one attached hydrogen (secondary N) is 1. The lowest BCUT2D eigenvalue weighted by molar-refractivity contribution is -0.137. The Morgan fingerprint density at radius 2 is 1.47 bits per heavy atom. The van der Waals surface area contributed by atoms with E-state index in [1.165, 1.54) is 11.1 Å². The van der Waals surface area contributed by atoms with Gasteiger partial charge in [0.2, 0.25) is 5.91 Å². The molecule has 8 nitrogen and oxygen atoms in total. The van der Waals surface area contributed by atoms with E-state index in [9.17, 15) is 18.4 Å². The predicted molar refractivity (Wildman–Crippen MR) is 203 cm³/mol. The third-order valence-electron chi connectivity index (χ3n) is 10.1. The number of alkyl carbamates (subject to hydrolysis) is 1. The Kier molecular flexibility index (Phi) is 13.7. The highest BCUT2D eigenvalue weighted by Gasteiger charge is 2.36. The van der Waals surface area contributed by atoms with Gasteiger partial charge in [-0.05, 0) is 78.7 Å². The Morgan fingerprint density at radius 1 is 0.792 bits per heavy atom. The quantitative estimate of drug-likeness (QED) is 0.144. The SMILES string of the molecule is O=C(N[C@@H](C(=O)N1CCN(Cc2ccccc2OCC(F)F)CC1)C1CCN(CCc2cc(Cl)ccc2-c2ccccc2)CC1)OCc1ccccc1. The number of nitrogens with zero attached hydrogens (tertiary/aromatic N) is 3. The summed E-state index contributed by atoms with van der Waals surface area (Å²) in [6.07, 6.45) is -0.806. The predicted octanol–water partition coefficient (Wildman–Crippen LogP) is 7.54. The number of halogens is 3. The van der Waals surface area contributed by atoms with Crippen LogP contribution in [0.5, 0.6) is 5.75 Å². The molecular weight excluding hydrogens is 698 g/mol. The van der Waals surface area contributed by atoms with Crippen molar-refractivity contribution >= 4 is 23.6 Å². The number of rotatable bonds is 14. The summed E-state index contributed by atoms with van der Waals surface area (Å²) in [6.45, 7) is 4.62. The molecule has 4 aromatic rings. The zero-order valence-corrected chi connectivity index (χ0v) is 30.6. The molecule has 280 valence electrons. The van der Waals surface area contributed by atoms with Gasteiger partial charge in [0.25, 0.3) is 6.43 Å². The standard InChI is InChI=1S/C42H47ClF2N4O4/c43-36-15-16-37(32-11-5-2-6-12-32)34(27-36)19-22-47-20-17-33(18-21-47)40(46-42(51)53-29-31-9-3-1-4-10-31)41(50)49-25-23-48(24-26-49)28-35-13-7-8-14-38(35)52-30-39(44)45/h1-16,27,33,39-40H,17-26,28-30H2,(H,46,51)/t40-/m1/s1. The number of piperazine rings is 1. The van der Waals surface area contributed by atoms with Crippen molar-refractivity contribution in [2.75, 3.05) is 52.4 Å². The number of carbonyl (C=O) groups is 2. The fourth-order valence-corrected chi connectivity index (χ4v) is 7.42. The minimum Gasteiger partial charge on any atom is -0.487 e. The first-order chi connectivity index (χ1) is 25.8. The molecule has 53 heavy (non-hydrogen) atoms. The van der Waals surface area contributed by atoms with Gasteiger partial charge >= 0.3 is 6.09 Å². The Labute approximate surface area is 315 Å². The van der Waals surface area contributed by atoms with E-state index >= 15 is 0 Å². The average Bonchev–Trinajstić information content (AvgIpc) is 3.19. The van der Waals surface area contributed by atoms with Crippen LogP contribution in [-0.4, -0.2) is 91.6 Å². The van der Waals surface area contributed by atoms with Gasteiger partial charge in [0, 0.05) is 49.9 Å². The molecule has 0 bridgehead atoms. The monoisotopic (exact) mass is 744 g/mol. The summed E-state index contributed by atoms with van der Waals surface area (Å²) in [4.78, 5) is 33.8. The number of para-hydroxylation sites is 1. The van der Waals surface area contributed by atoms with Gasteiger partial charge in [0.05, 0.1) is 0 Å². The number of benzene rings is 4. The first-order valence-corrected chi connectivity index (χ1v) is 18.7. The molecule has 0 aromatic heterocycles. The molecule has 2 aliphatic rings. The van der Waals surface area contributed by atoms with Crippen molar-refractivity contribution in [2.24, 2.45) is 5.92 Å². The normalized spacial score (nSPS) is 16.3. The number of alkyl halides is 2. The van der Waals surface area contributed by atoms with Gasteiger partial charge in [0.15, 0.2) is 0 Å². The summed E-state index contributed by atoms with van der Waals surface area (Å²) in [6, 6.07) is 32.3. The number of piperidine rings is 1. The lowest BCUT2D eigenvalue weighted by atomic mass is 9.88. The van der Waals surface area contributed by atoms with Crippen molar-refractivity contribution in [3.63, 3.8) is 0 Å². The number of amides is 2. The molecule has 0 radical (unpaired) electrons. The van der Waals surface area contributed by atoms with E-state index in [4.69, 9.17) is 21.1 Å². The number of carbonyl (C=O) groups excluding carboxylic acids is 2. The molecule has 0 unspecified atom stereocenters. The highest BCUT2D eigenvalue weighted by Crippen LogP contribution is 2.29. The Morgan fingerprint density at radius 3 is 2.19 bits per heavy atom. The van der Waals surface area contributed by atoms with E-state index in [-0.39, 0.29) is 18.4 Å². The molecule has 1 N–H and O–H groups in total. The van der Waals surface area contributed by atoms with Crippen molar-refractivity contribution in [1.29, 1.82) is 0 Å². The maximum atomic E-state index is 14.2. The van der Waals surface area contributed by atoms with E-state index < -0.39 is 25.2 Å². The molecule has 0 aliphatic carbocycles. The fourth-order valence-electron chi connectivity index (χ4n) is 7.22. The Bertz CT molecular complexity index is 1770. The number of ether oxygens (including phenoxy) is 2. The molecule has 0 saturated carbocycles. The minimum absolute atomic E-state index is 0.0500.